The first kappa shape index (κ1) is 19.7. The fraction of sp³-hybridized carbons (Fsp3) is 0.650. The zero-order chi connectivity index (χ0) is 17.9. The molecule has 0 saturated carbocycles. The number of ether oxygens (including phenoxy) is 1. The number of methoxy groups -OCH3 is 1. The number of guanidine groups is 1. The molecule has 1 aliphatic rings. The van der Waals surface area contributed by atoms with E-state index in [9.17, 15) is 0 Å². The summed E-state index contributed by atoms with van der Waals surface area (Å²) in [6.45, 7) is 9.88. The number of nitrogens with one attached hydrogen (secondary N) is 2. The molecule has 1 unspecified atom stereocenters. The molecule has 0 bridgehead atoms. The molecule has 0 radical (unpaired) electrons. The lowest BCUT2D eigenvalue weighted by Crippen LogP contribution is -2.39. The number of aryl methyl sites for hydroxylation is 1. The van der Waals surface area contributed by atoms with E-state index in [4.69, 9.17) is 9.73 Å². The molecule has 1 heterocycles. The Morgan fingerprint density at radius 2 is 1.92 bits per heavy atom. The Morgan fingerprint density at radius 3 is 2.56 bits per heavy atom. The van der Waals surface area contributed by atoms with Crippen molar-refractivity contribution in [3.05, 3.63) is 35.4 Å². The molecule has 1 fully saturated rings. The van der Waals surface area contributed by atoms with Crippen LogP contribution in [0.15, 0.2) is 29.3 Å². The van der Waals surface area contributed by atoms with Crippen LogP contribution in [-0.4, -0.2) is 57.3 Å². The number of benzene rings is 1. The molecule has 25 heavy (non-hydrogen) atoms. The van der Waals surface area contributed by atoms with Crippen molar-refractivity contribution < 1.29 is 4.74 Å². The Balaban J connectivity index is 2.03. The van der Waals surface area contributed by atoms with Gasteiger partial charge >= 0.3 is 0 Å². The zero-order valence-electron chi connectivity index (χ0n) is 16.1. The first-order chi connectivity index (χ1) is 12.2. The molecule has 2 N–H and O–H groups in total. The van der Waals surface area contributed by atoms with E-state index >= 15 is 0 Å². The normalized spacial score (nSPS) is 16.8. The summed E-state index contributed by atoms with van der Waals surface area (Å²) in [7, 11) is 1.74. The average Bonchev–Trinajstić information content (AvgIpc) is 3.14. The first-order valence-electron chi connectivity index (χ1n) is 9.56. The molecule has 5 nitrogen and oxygen atoms in total. The van der Waals surface area contributed by atoms with Gasteiger partial charge in [-0.3, -0.25) is 9.89 Å². The highest BCUT2D eigenvalue weighted by Gasteiger charge is 2.23. The van der Waals surface area contributed by atoms with Crippen molar-refractivity contribution in [3.8, 4) is 0 Å². The van der Waals surface area contributed by atoms with Gasteiger partial charge in [0.1, 0.15) is 0 Å². The molecule has 0 amide bonds. The van der Waals surface area contributed by atoms with Crippen LogP contribution in [0.25, 0.3) is 0 Å². The number of rotatable bonds is 9. The number of hydrogen-bond acceptors (Lipinski definition) is 3. The van der Waals surface area contributed by atoms with Gasteiger partial charge in [0, 0.05) is 26.8 Å². The summed E-state index contributed by atoms with van der Waals surface area (Å²) in [5, 5.41) is 6.75. The second-order valence-corrected chi connectivity index (χ2v) is 6.66. The number of likely N-dealkylation sites (tertiary alicyclic amines) is 1. The Labute approximate surface area is 152 Å². The van der Waals surface area contributed by atoms with Gasteiger partial charge in [-0.2, -0.15) is 0 Å². The highest BCUT2D eigenvalue weighted by Crippen LogP contribution is 2.25. The standard InChI is InChI=1S/C20H34N4O/c1-4-21-20(22-12-7-15-25-3)23-16-19(24-13-5-6-14-24)18-10-8-17(2)9-11-18/h8-11,19H,4-7,12-16H2,1-3H3,(H2,21,22,23). The van der Waals surface area contributed by atoms with Crippen LogP contribution in [0.1, 0.15) is 43.4 Å². The Hall–Kier alpha value is -1.59. The Morgan fingerprint density at radius 1 is 1.20 bits per heavy atom. The number of aliphatic imine (C=N–C) groups is 1. The van der Waals surface area contributed by atoms with E-state index in [1.807, 2.05) is 0 Å². The second-order valence-electron chi connectivity index (χ2n) is 6.66. The maximum Gasteiger partial charge on any atom is 0.191 e. The number of hydrogen-bond donors (Lipinski definition) is 2. The predicted molar refractivity (Wildman–Crippen MR) is 105 cm³/mol. The van der Waals surface area contributed by atoms with Crippen molar-refractivity contribution in [2.45, 2.75) is 39.2 Å². The van der Waals surface area contributed by atoms with Gasteiger partial charge in [-0.05, 0) is 51.8 Å². The summed E-state index contributed by atoms with van der Waals surface area (Å²) < 4.78 is 5.11. The third-order valence-electron chi connectivity index (χ3n) is 4.63. The van der Waals surface area contributed by atoms with E-state index in [0.717, 1.165) is 38.6 Å². The van der Waals surface area contributed by atoms with Crippen molar-refractivity contribution in [2.24, 2.45) is 4.99 Å². The molecule has 1 atom stereocenters. The molecular formula is C20H34N4O. The summed E-state index contributed by atoms with van der Waals surface area (Å²) in [6.07, 6.45) is 3.57. The highest BCUT2D eigenvalue weighted by atomic mass is 16.5. The van der Waals surface area contributed by atoms with Crippen LogP contribution in [0.3, 0.4) is 0 Å². The monoisotopic (exact) mass is 346 g/mol. The van der Waals surface area contributed by atoms with Crippen molar-refractivity contribution in [2.75, 3.05) is 46.4 Å². The largest absolute Gasteiger partial charge is 0.385 e. The van der Waals surface area contributed by atoms with Crippen molar-refractivity contribution in [1.29, 1.82) is 0 Å². The minimum Gasteiger partial charge on any atom is -0.385 e. The van der Waals surface area contributed by atoms with Crippen LogP contribution in [0, 0.1) is 6.92 Å². The van der Waals surface area contributed by atoms with Crippen LogP contribution in [0.2, 0.25) is 0 Å². The second kappa shape index (κ2) is 11.1. The average molecular weight is 347 g/mol. The minimum absolute atomic E-state index is 0.359. The summed E-state index contributed by atoms with van der Waals surface area (Å²) in [4.78, 5) is 7.44. The molecule has 0 spiro atoms. The Kier molecular flexibility index (Phi) is 8.77. The van der Waals surface area contributed by atoms with E-state index in [2.05, 4.69) is 53.6 Å². The SMILES string of the molecule is CCNC(=NCC(c1ccc(C)cc1)N1CCCC1)NCCCOC. The lowest BCUT2D eigenvalue weighted by atomic mass is 10.0. The fourth-order valence-electron chi connectivity index (χ4n) is 3.22. The van der Waals surface area contributed by atoms with Gasteiger partial charge in [0.05, 0.1) is 12.6 Å². The van der Waals surface area contributed by atoms with E-state index in [1.165, 1.54) is 37.1 Å². The third-order valence-corrected chi connectivity index (χ3v) is 4.63. The van der Waals surface area contributed by atoms with Gasteiger partial charge in [-0.1, -0.05) is 29.8 Å². The maximum absolute atomic E-state index is 5.11. The first-order valence-corrected chi connectivity index (χ1v) is 9.56. The van der Waals surface area contributed by atoms with Gasteiger partial charge in [-0.25, -0.2) is 0 Å². The Bertz CT molecular complexity index is 509. The van der Waals surface area contributed by atoms with Crippen LogP contribution in [0.5, 0.6) is 0 Å². The lowest BCUT2D eigenvalue weighted by Gasteiger charge is -2.27. The van der Waals surface area contributed by atoms with Gasteiger partial charge < -0.3 is 15.4 Å². The van der Waals surface area contributed by atoms with Crippen LogP contribution < -0.4 is 10.6 Å². The molecule has 0 aliphatic carbocycles. The summed E-state index contributed by atoms with van der Waals surface area (Å²) in [6, 6.07) is 9.28. The molecule has 0 aromatic heterocycles. The fourth-order valence-corrected chi connectivity index (χ4v) is 3.22. The predicted octanol–water partition coefficient (Wildman–Crippen LogP) is 2.72. The van der Waals surface area contributed by atoms with Crippen LogP contribution in [-0.2, 0) is 4.74 Å². The molecule has 5 heteroatoms. The highest BCUT2D eigenvalue weighted by molar-refractivity contribution is 5.79. The van der Waals surface area contributed by atoms with Gasteiger partial charge in [0.25, 0.3) is 0 Å². The lowest BCUT2D eigenvalue weighted by molar-refractivity contribution is 0.195. The molecule has 2 rings (SSSR count). The molecule has 1 aliphatic heterocycles. The molecule has 140 valence electrons. The molecule has 1 saturated heterocycles. The van der Waals surface area contributed by atoms with E-state index in [-0.39, 0.29) is 0 Å². The smallest absolute Gasteiger partial charge is 0.191 e. The van der Waals surface area contributed by atoms with Crippen molar-refractivity contribution in [3.63, 3.8) is 0 Å². The van der Waals surface area contributed by atoms with E-state index < -0.39 is 0 Å². The van der Waals surface area contributed by atoms with E-state index in [0.29, 0.717) is 6.04 Å². The minimum atomic E-state index is 0.359. The van der Waals surface area contributed by atoms with Crippen molar-refractivity contribution >= 4 is 5.96 Å². The van der Waals surface area contributed by atoms with Gasteiger partial charge in [-0.15, -0.1) is 0 Å². The van der Waals surface area contributed by atoms with E-state index in [1.54, 1.807) is 7.11 Å². The van der Waals surface area contributed by atoms with Gasteiger partial charge in [0.15, 0.2) is 5.96 Å². The quantitative estimate of drug-likeness (QED) is 0.410. The summed E-state index contributed by atoms with van der Waals surface area (Å²) in [5.74, 6) is 0.898. The van der Waals surface area contributed by atoms with Crippen molar-refractivity contribution in [1.82, 2.24) is 15.5 Å². The molecule has 1 aromatic carbocycles. The topological polar surface area (TPSA) is 48.9 Å². The molecular weight excluding hydrogens is 312 g/mol. The third kappa shape index (κ3) is 6.67. The van der Waals surface area contributed by atoms with Crippen LogP contribution >= 0.6 is 0 Å². The summed E-state index contributed by atoms with van der Waals surface area (Å²) >= 11 is 0. The number of nitrogens with zero attached hydrogens (tertiary/aromatic N) is 2. The zero-order valence-corrected chi connectivity index (χ0v) is 16.1. The summed E-state index contributed by atoms with van der Waals surface area (Å²) in [5.41, 5.74) is 2.67. The van der Waals surface area contributed by atoms with Gasteiger partial charge in [0.2, 0.25) is 0 Å². The van der Waals surface area contributed by atoms with Crippen LogP contribution in [0.4, 0.5) is 0 Å². The maximum atomic E-state index is 5.11. The molecule has 1 aromatic rings.